The average molecular weight is 341 g/mol. The molecule has 0 saturated carbocycles. The summed E-state index contributed by atoms with van der Waals surface area (Å²) in [5.41, 5.74) is 1.24. The summed E-state index contributed by atoms with van der Waals surface area (Å²) in [6, 6.07) is 6.03. The fourth-order valence-corrected chi connectivity index (χ4v) is 2.61. The molecule has 1 unspecified atom stereocenters. The van der Waals surface area contributed by atoms with Gasteiger partial charge in [0.1, 0.15) is 5.75 Å². The van der Waals surface area contributed by atoms with Gasteiger partial charge in [-0.05, 0) is 38.1 Å². The SMILES string of the molecule is CC1=CC(C(=O)Oc2cccc(-c3nnco3)c2)=C(C(=O)O)C(C)N1. The van der Waals surface area contributed by atoms with Crippen LogP contribution in [-0.4, -0.2) is 33.3 Å². The van der Waals surface area contributed by atoms with Crippen molar-refractivity contribution in [3.63, 3.8) is 0 Å². The number of aromatic nitrogens is 2. The molecule has 0 bridgehead atoms. The van der Waals surface area contributed by atoms with Crippen LogP contribution < -0.4 is 10.1 Å². The van der Waals surface area contributed by atoms with Gasteiger partial charge in [-0.1, -0.05) is 6.07 Å². The van der Waals surface area contributed by atoms with Crippen LogP contribution in [0, 0.1) is 0 Å². The Labute approximate surface area is 142 Å². The van der Waals surface area contributed by atoms with E-state index in [1.165, 1.54) is 12.5 Å². The van der Waals surface area contributed by atoms with Gasteiger partial charge in [0.25, 0.3) is 0 Å². The molecule has 0 fully saturated rings. The summed E-state index contributed by atoms with van der Waals surface area (Å²) in [6.07, 6.45) is 2.66. The summed E-state index contributed by atoms with van der Waals surface area (Å²) in [7, 11) is 0. The van der Waals surface area contributed by atoms with E-state index in [2.05, 4.69) is 15.5 Å². The van der Waals surface area contributed by atoms with E-state index < -0.39 is 18.0 Å². The van der Waals surface area contributed by atoms with Crippen LogP contribution in [0.1, 0.15) is 13.8 Å². The second kappa shape index (κ2) is 6.60. The predicted octanol–water partition coefficient (Wildman–Crippen LogP) is 1.92. The van der Waals surface area contributed by atoms with Gasteiger partial charge in [0.2, 0.25) is 12.3 Å². The number of hydrogen-bond donors (Lipinski definition) is 2. The van der Waals surface area contributed by atoms with E-state index in [0.29, 0.717) is 11.3 Å². The number of nitrogens with zero attached hydrogens (tertiary/aromatic N) is 2. The number of rotatable bonds is 4. The van der Waals surface area contributed by atoms with Gasteiger partial charge in [0.05, 0.1) is 17.2 Å². The number of esters is 1. The van der Waals surface area contributed by atoms with Crippen LogP contribution in [0.15, 0.2) is 58.0 Å². The summed E-state index contributed by atoms with van der Waals surface area (Å²) in [6.45, 7) is 3.42. The minimum atomic E-state index is -1.17. The first kappa shape index (κ1) is 16.4. The molecule has 2 heterocycles. The van der Waals surface area contributed by atoms with Crippen molar-refractivity contribution >= 4 is 11.9 Å². The predicted molar refractivity (Wildman–Crippen MR) is 86.4 cm³/mol. The van der Waals surface area contributed by atoms with Crippen LogP contribution in [0.4, 0.5) is 0 Å². The Bertz CT molecular complexity index is 883. The van der Waals surface area contributed by atoms with Crippen molar-refractivity contribution in [1.29, 1.82) is 0 Å². The lowest BCUT2D eigenvalue weighted by Crippen LogP contribution is -2.36. The van der Waals surface area contributed by atoms with E-state index in [0.717, 1.165) is 0 Å². The molecule has 1 aromatic carbocycles. The molecule has 8 heteroatoms. The number of aliphatic carboxylic acids is 1. The quantitative estimate of drug-likeness (QED) is 0.640. The molecule has 8 nitrogen and oxygen atoms in total. The van der Waals surface area contributed by atoms with Gasteiger partial charge < -0.3 is 19.6 Å². The largest absolute Gasteiger partial charge is 0.478 e. The second-order valence-corrected chi connectivity index (χ2v) is 5.49. The Morgan fingerprint density at radius 3 is 2.84 bits per heavy atom. The first-order valence-corrected chi connectivity index (χ1v) is 7.47. The third-order valence-corrected chi connectivity index (χ3v) is 3.63. The van der Waals surface area contributed by atoms with E-state index in [9.17, 15) is 14.7 Å². The number of carboxylic acids is 1. The Kier molecular flexibility index (Phi) is 4.34. The van der Waals surface area contributed by atoms with E-state index >= 15 is 0 Å². The number of hydrogen-bond acceptors (Lipinski definition) is 7. The lowest BCUT2D eigenvalue weighted by molar-refractivity contribution is -0.135. The number of carbonyl (C=O) groups is 2. The zero-order valence-electron chi connectivity index (χ0n) is 13.5. The smallest absolute Gasteiger partial charge is 0.344 e. The molecule has 128 valence electrons. The van der Waals surface area contributed by atoms with E-state index in [1.54, 1.807) is 38.1 Å². The average Bonchev–Trinajstić information content (AvgIpc) is 3.08. The molecular weight excluding hydrogens is 326 g/mol. The molecule has 3 rings (SSSR count). The molecule has 1 aliphatic rings. The third-order valence-electron chi connectivity index (χ3n) is 3.63. The fourth-order valence-electron chi connectivity index (χ4n) is 2.61. The number of carbonyl (C=O) groups excluding carboxylic acids is 1. The molecule has 0 amide bonds. The van der Waals surface area contributed by atoms with Gasteiger partial charge in [-0.2, -0.15) is 0 Å². The second-order valence-electron chi connectivity index (χ2n) is 5.49. The minimum absolute atomic E-state index is 0.0134. The number of benzene rings is 1. The maximum Gasteiger partial charge on any atom is 0.344 e. The monoisotopic (exact) mass is 341 g/mol. The highest BCUT2D eigenvalue weighted by Gasteiger charge is 2.28. The highest BCUT2D eigenvalue weighted by molar-refractivity contribution is 6.03. The standard InChI is InChI=1S/C17H15N3O5/c1-9-6-13(14(16(21)22)10(2)19-9)17(23)25-12-5-3-4-11(7-12)15-20-18-8-24-15/h3-8,10,19H,1-2H3,(H,21,22). The molecule has 2 aromatic rings. The Morgan fingerprint density at radius 2 is 2.16 bits per heavy atom. The Hall–Kier alpha value is -3.42. The molecule has 25 heavy (non-hydrogen) atoms. The molecule has 0 saturated heterocycles. The topological polar surface area (TPSA) is 115 Å². The lowest BCUT2D eigenvalue weighted by Gasteiger charge is -2.23. The van der Waals surface area contributed by atoms with Gasteiger partial charge in [0.15, 0.2) is 0 Å². The number of nitrogens with one attached hydrogen (secondary N) is 1. The molecule has 1 aliphatic heterocycles. The van der Waals surface area contributed by atoms with E-state index in [4.69, 9.17) is 9.15 Å². The molecule has 0 radical (unpaired) electrons. The van der Waals surface area contributed by atoms with Crippen LogP contribution >= 0.6 is 0 Å². The van der Waals surface area contributed by atoms with Gasteiger partial charge in [-0.25, -0.2) is 9.59 Å². The van der Waals surface area contributed by atoms with E-state index in [-0.39, 0.29) is 22.8 Å². The van der Waals surface area contributed by atoms with E-state index in [1.807, 2.05) is 0 Å². The number of allylic oxidation sites excluding steroid dienone is 1. The zero-order chi connectivity index (χ0) is 18.0. The summed E-state index contributed by atoms with van der Waals surface area (Å²) in [5, 5.41) is 19.7. The Balaban J connectivity index is 1.90. The summed E-state index contributed by atoms with van der Waals surface area (Å²) in [4.78, 5) is 24.0. The number of ether oxygens (including phenoxy) is 1. The molecule has 2 N–H and O–H groups in total. The summed E-state index contributed by atoms with van der Waals surface area (Å²) >= 11 is 0. The minimum Gasteiger partial charge on any atom is -0.478 e. The van der Waals surface area contributed by atoms with Gasteiger partial charge in [0, 0.05) is 11.3 Å². The van der Waals surface area contributed by atoms with Crippen molar-refractivity contribution < 1.29 is 23.8 Å². The maximum absolute atomic E-state index is 12.5. The summed E-state index contributed by atoms with van der Waals surface area (Å²) < 4.78 is 10.5. The van der Waals surface area contributed by atoms with Crippen LogP contribution in [0.3, 0.4) is 0 Å². The van der Waals surface area contributed by atoms with Gasteiger partial charge in [-0.3, -0.25) is 0 Å². The van der Waals surface area contributed by atoms with Crippen molar-refractivity contribution in [2.24, 2.45) is 0 Å². The van der Waals surface area contributed by atoms with Crippen molar-refractivity contribution in [2.75, 3.05) is 0 Å². The first-order valence-electron chi connectivity index (χ1n) is 7.47. The van der Waals surface area contributed by atoms with Crippen LogP contribution in [0.25, 0.3) is 11.5 Å². The van der Waals surface area contributed by atoms with Gasteiger partial charge >= 0.3 is 11.9 Å². The Morgan fingerprint density at radius 1 is 1.36 bits per heavy atom. The normalized spacial score (nSPS) is 16.9. The van der Waals surface area contributed by atoms with Crippen LogP contribution in [-0.2, 0) is 9.59 Å². The first-order chi connectivity index (χ1) is 12.0. The van der Waals surface area contributed by atoms with Gasteiger partial charge in [-0.15, -0.1) is 10.2 Å². The highest BCUT2D eigenvalue weighted by Crippen LogP contribution is 2.25. The van der Waals surface area contributed by atoms with Crippen molar-refractivity contribution in [3.05, 3.63) is 53.6 Å². The molecule has 0 spiro atoms. The molecule has 0 aliphatic carbocycles. The molecular formula is C17H15N3O5. The number of dihydropyridines is 1. The van der Waals surface area contributed by atoms with Crippen LogP contribution in [0.5, 0.6) is 5.75 Å². The maximum atomic E-state index is 12.5. The highest BCUT2D eigenvalue weighted by atomic mass is 16.5. The third kappa shape index (κ3) is 3.42. The molecule has 1 aromatic heterocycles. The van der Waals surface area contributed by atoms with Crippen LogP contribution in [0.2, 0.25) is 0 Å². The lowest BCUT2D eigenvalue weighted by atomic mass is 9.97. The fraction of sp³-hybridized carbons (Fsp3) is 0.176. The number of carboxylic acid groups (broad SMARTS) is 1. The molecule has 1 atom stereocenters. The van der Waals surface area contributed by atoms with Crippen molar-refractivity contribution in [3.8, 4) is 17.2 Å². The van der Waals surface area contributed by atoms with Crippen molar-refractivity contribution in [1.82, 2.24) is 15.5 Å². The summed E-state index contributed by atoms with van der Waals surface area (Å²) in [5.74, 6) is -1.38. The van der Waals surface area contributed by atoms with Crippen molar-refractivity contribution in [2.45, 2.75) is 19.9 Å². The zero-order valence-corrected chi connectivity index (χ0v) is 13.5.